The van der Waals surface area contributed by atoms with E-state index in [1.165, 1.54) is 0 Å². The average molecular weight is 312 g/mol. The smallest absolute Gasteiger partial charge is 0.254 e. The van der Waals surface area contributed by atoms with Gasteiger partial charge in [-0.15, -0.1) is 0 Å². The Bertz CT molecular complexity index is 679. The van der Waals surface area contributed by atoms with Crippen molar-refractivity contribution in [2.75, 3.05) is 43.0 Å². The number of phenols is 1. The van der Waals surface area contributed by atoms with Gasteiger partial charge < -0.3 is 20.2 Å². The predicted molar refractivity (Wildman–Crippen MR) is 90.2 cm³/mol. The first-order valence-electron chi connectivity index (χ1n) is 7.65. The second kappa shape index (κ2) is 6.56. The van der Waals surface area contributed by atoms with Crippen LogP contribution in [-0.4, -0.2) is 49.2 Å². The number of aromatic hydroxyl groups is 1. The van der Waals surface area contributed by atoms with E-state index in [4.69, 9.17) is 0 Å². The number of phenolic OH excluding ortho intramolecular Hbond substituents is 1. The molecule has 1 aromatic heterocycles. The van der Waals surface area contributed by atoms with Crippen LogP contribution in [0.25, 0.3) is 0 Å². The summed E-state index contributed by atoms with van der Waals surface area (Å²) < 4.78 is 0. The van der Waals surface area contributed by atoms with Crippen molar-refractivity contribution in [3.8, 4) is 5.75 Å². The number of nitrogens with zero attached hydrogens (tertiary/aromatic N) is 3. The number of pyridine rings is 1. The summed E-state index contributed by atoms with van der Waals surface area (Å²) in [5, 5.41) is 12.0. The first kappa shape index (κ1) is 15.1. The van der Waals surface area contributed by atoms with Crippen molar-refractivity contribution in [1.29, 1.82) is 0 Å². The molecule has 1 aliphatic heterocycles. The van der Waals surface area contributed by atoms with Crippen molar-refractivity contribution in [3.05, 3.63) is 48.2 Å². The number of anilines is 2. The predicted octanol–water partition coefficient (Wildman–Crippen LogP) is 1.47. The third kappa shape index (κ3) is 3.21. The van der Waals surface area contributed by atoms with Gasteiger partial charge in [-0.25, -0.2) is 4.98 Å². The van der Waals surface area contributed by atoms with E-state index in [9.17, 15) is 9.90 Å². The van der Waals surface area contributed by atoms with E-state index in [-0.39, 0.29) is 11.7 Å². The molecule has 0 saturated carbocycles. The Labute approximate surface area is 135 Å². The lowest BCUT2D eigenvalue weighted by atomic mass is 10.2. The molecule has 120 valence electrons. The normalized spacial score (nSPS) is 14.7. The molecule has 2 heterocycles. The van der Waals surface area contributed by atoms with Crippen LogP contribution < -0.4 is 15.1 Å². The molecule has 0 unspecified atom stereocenters. The summed E-state index contributed by atoms with van der Waals surface area (Å²) in [6.07, 6.45) is 1.72. The van der Waals surface area contributed by atoms with Crippen LogP contribution in [0.2, 0.25) is 0 Å². The highest BCUT2D eigenvalue weighted by Gasteiger charge is 2.22. The summed E-state index contributed by atoms with van der Waals surface area (Å²) in [6.45, 7) is 3.27. The van der Waals surface area contributed by atoms with Crippen LogP contribution >= 0.6 is 0 Å². The zero-order valence-corrected chi connectivity index (χ0v) is 13.1. The van der Waals surface area contributed by atoms with Crippen LogP contribution in [0.5, 0.6) is 5.75 Å². The molecule has 0 spiro atoms. The topological polar surface area (TPSA) is 68.7 Å². The van der Waals surface area contributed by atoms with E-state index in [0.717, 1.165) is 37.7 Å². The molecule has 1 amide bonds. The molecule has 1 fully saturated rings. The van der Waals surface area contributed by atoms with Crippen molar-refractivity contribution in [3.63, 3.8) is 0 Å². The number of rotatable bonds is 3. The molecule has 0 radical (unpaired) electrons. The summed E-state index contributed by atoms with van der Waals surface area (Å²) in [5.41, 5.74) is 1.70. The first-order valence-corrected chi connectivity index (χ1v) is 7.65. The maximum Gasteiger partial charge on any atom is 0.254 e. The van der Waals surface area contributed by atoms with Crippen molar-refractivity contribution < 1.29 is 9.90 Å². The van der Waals surface area contributed by atoms with E-state index in [1.807, 2.05) is 12.1 Å². The minimum absolute atomic E-state index is 0.117. The molecule has 2 N–H and O–H groups in total. The second-order valence-electron chi connectivity index (χ2n) is 5.44. The Hall–Kier alpha value is -2.76. The van der Waals surface area contributed by atoms with E-state index in [0.29, 0.717) is 5.56 Å². The van der Waals surface area contributed by atoms with Crippen molar-refractivity contribution in [2.45, 2.75) is 0 Å². The third-order valence-electron chi connectivity index (χ3n) is 4.05. The van der Waals surface area contributed by atoms with E-state index >= 15 is 0 Å². The highest BCUT2D eigenvalue weighted by Crippen LogP contribution is 2.23. The van der Waals surface area contributed by atoms with Crippen LogP contribution in [0, 0.1) is 0 Å². The first-order chi connectivity index (χ1) is 11.2. The quantitative estimate of drug-likeness (QED) is 0.898. The highest BCUT2D eigenvalue weighted by atomic mass is 16.3. The van der Waals surface area contributed by atoms with Gasteiger partial charge in [-0.05, 0) is 36.4 Å². The number of benzene rings is 1. The van der Waals surface area contributed by atoms with Crippen molar-refractivity contribution in [1.82, 2.24) is 10.3 Å². The Balaban J connectivity index is 1.72. The third-order valence-corrected chi connectivity index (χ3v) is 4.05. The minimum Gasteiger partial charge on any atom is -0.508 e. The van der Waals surface area contributed by atoms with Crippen molar-refractivity contribution >= 4 is 17.4 Å². The number of piperazine rings is 1. The molecule has 0 atom stereocenters. The monoisotopic (exact) mass is 312 g/mol. The molecular weight excluding hydrogens is 292 g/mol. The highest BCUT2D eigenvalue weighted by molar-refractivity contribution is 5.98. The summed E-state index contributed by atoms with van der Waals surface area (Å²) in [7, 11) is 1.63. The molecule has 3 rings (SSSR count). The van der Waals surface area contributed by atoms with Gasteiger partial charge in [-0.2, -0.15) is 0 Å². The Morgan fingerprint density at radius 1 is 1.09 bits per heavy atom. The van der Waals surface area contributed by atoms with Gasteiger partial charge in [0.2, 0.25) is 0 Å². The second-order valence-corrected chi connectivity index (χ2v) is 5.44. The zero-order valence-electron chi connectivity index (χ0n) is 13.1. The lowest BCUT2D eigenvalue weighted by Crippen LogP contribution is -2.47. The Morgan fingerprint density at radius 2 is 1.74 bits per heavy atom. The van der Waals surface area contributed by atoms with Crippen LogP contribution in [0.3, 0.4) is 0 Å². The van der Waals surface area contributed by atoms with Crippen LogP contribution in [-0.2, 0) is 0 Å². The molecule has 0 bridgehead atoms. The zero-order chi connectivity index (χ0) is 16.2. The fourth-order valence-corrected chi connectivity index (χ4v) is 2.80. The summed E-state index contributed by atoms with van der Waals surface area (Å²) >= 11 is 0. The van der Waals surface area contributed by atoms with Crippen molar-refractivity contribution in [2.24, 2.45) is 0 Å². The molecule has 0 aliphatic carbocycles. The van der Waals surface area contributed by atoms with Gasteiger partial charge in [0.1, 0.15) is 11.6 Å². The lowest BCUT2D eigenvalue weighted by Gasteiger charge is -2.37. The largest absolute Gasteiger partial charge is 0.508 e. The maximum atomic E-state index is 12.0. The molecular formula is C17H20N4O2. The lowest BCUT2D eigenvalue weighted by molar-refractivity contribution is 0.0963. The van der Waals surface area contributed by atoms with Gasteiger partial charge in [-0.1, -0.05) is 0 Å². The molecule has 1 aliphatic rings. The van der Waals surface area contributed by atoms with E-state index < -0.39 is 0 Å². The summed E-state index contributed by atoms with van der Waals surface area (Å²) in [4.78, 5) is 20.8. The number of nitrogens with one attached hydrogen (secondary N) is 1. The number of amides is 1. The van der Waals surface area contributed by atoms with Gasteiger partial charge >= 0.3 is 0 Å². The molecule has 2 aromatic rings. The fraction of sp³-hybridized carbons (Fsp3) is 0.294. The summed E-state index contributed by atoms with van der Waals surface area (Å²) in [6, 6.07) is 10.8. The molecule has 6 nitrogen and oxygen atoms in total. The summed E-state index contributed by atoms with van der Waals surface area (Å²) in [5.74, 6) is 0.891. The number of hydrogen-bond donors (Lipinski definition) is 2. The van der Waals surface area contributed by atoms with Gasteiger partial charge in [0.15, 0.2) is 0 Å². The number of hydrogen-bond acceptors (Lipinski definition) is 5. The van der Waals surface area contributed by atoms with Crippen LogP contribution in [0.15, 0.2) is 42.6 Å². The number of carbonyl (C=O) groups excluding carboxylic acids is 1. The van der Waals surface area contributed by atoms with Gasteiger partial charge in [0.05, 0.1) is 5.56 Å². The van der Waals surface area contributed by atoms with E-state index in [2.05, 4.69) is 20.1 Å². The maximum absolute atomic E-state index is 12.0. The van der Waals surface area contributed by atoms with E-state index in [1.54, 1.807) is 37.5 Å². The number of carbonyl (C=O) groups is 1. The molecule has 1 saturated heterocycles. The Morgan fingerprint density at radius 3 is 2.39 bits per heavy atom. The molecule has 1 aromatic carbocycles. The van der Waals surface area contributed by atoms with Gasteiger partial charge in [0.25, 0.3) is 5.91 Å². The molecule has 6 heteroatoms. The standard InChI is InChI=1S/C17H20N4O2/c1-18-17(23)15-3-2-8-19-16(15)21-11-9-20(10-12-21)13-4-6-14(22)7-5-13/h2-8,22H,9-12H2,1H3,(H,18,23). The average Bonchev–Trinajstić information content (AvgIpc) is 2.62. The van der Waals surface area contributed by atoms with Gasteiger partial charge in [-0.3, -0.25) is 4.79 Å². The number of aromatic nitrogens is 1. The van der Waals surface area contributed by atoms with Crippen LogP contribution in [0.4, 0.5) is 11.5 Å². The van der Waals surface area contributed by atoms with Gasteiger partial charge in [0, 0.05) is 45.1 Å². The SMILES string of the molecule is CNC(=O)c1cccnc1N1CCN(c2ccc(O)cc2)CC1. The molecule has 23 heavy (non-hydrogen) atoms. The fourth-order valence-electron chi connectivity index (χ4n) is 2.80. The minimum atomic E-state index is -0.117. The van der Waals surface area contributed by atoms with Crippen LogP contribution in [0.1, 0.15) is 10.4 Å². The Kier molecular flexibility index (Phi) is 4.32.